The van der Waals surface area contributed by atoms with Crippen LogP contribution in [-0.2, 0) is 9.53 Å². The van der Waals surface area contributed by atoms with Crippen LogP contribution in [0.25, 0.3) is 0 Å². The molecule has 1 saturated heterocycles. The van der Waals surface area contributed by atoms with Gasteiger partial charge in [0.05, 0.1) is 18.7 Å². The molecule has 0 spiro atoms. The highest BCUT2D eigenvalue weighted by Crippen LogP contribution is 2.31. The third kappa shape index (κ3) is 2.75. The number of morpholine rings is 1. The predicted molar refractivity (Wildman–Crippen MR) is 79.6 cm³/mol. The molecule has 2 fully saturated rings. The fourth-order valence-corrected chi connectivity index (χ4v) is 3.96. The molecule has 20 heavy (non-hydrogen) atoms. The summed E-state index contributed by atoms with van der Waals surface area (Å²) in [4.78, 5) is 15.8. The lowest BCUT2D eigenvalue weighted by Gasteiger charge is -2.40. The first kappa shape index (κ1) is 14.0. The van der Waals surface area contributed by atoms with E-state index in [1.165, 1.54) is 11.3 Å². The Kier molecular flexibility index (Phi) is 4.10. The molecule has 3 rings (SSSR count). The number of ether oxygens (including phenoxy) is 1. The topological polar surface area (TPSA) is 55.6 Å². The lowest BCUT2D eigenvalue weighted by atomic mass is 9.81. The number of hydrogen-bond donors (Lipinski definition) is 1. The SMILES string of the molecule is NC1(C(=O)N2CCOC(c3cccs3)C2)CCCCC1. The number of thiophene rings is 1. The van der Waals surface area contributed by atoms with Gasteiger partial charge in [-0.3, -0.25) is 4.79 Å². The van der Waals surface area contributed by atoms with Gasteiger partial charge in [-0.15, -0.1) is 11.3 Å². The maximum atomic E-state index is 12.7. The number of nitrogens with two attached hydrogens (primary N) is 1. The first-order valence-corrected chi connectivity index (χ1v) is 8.30. The normalized spacial score (nSPS) is 26.4. The van der Waals surface area contributed by atoms with Crippen LogP contribution in [0.1, 0.15) is 43.1 Å². The summed E-state index contributed by atoms with van der Waals surface area (Å²) >= 11 is 1.68. The molecule has 2 aliphatic rings. The Bertz CT molecular complexity index is 454. The van der Waals surface area contributed by atoms with Crippen molar-refractivity contribution < 1.29 is 9.53 Å². The van der Waals surface area contributed by atoms with E-state index in [0.717, 1.165) is 25.7 Å². The highest BCUT2D eigenvalue weighted by atomic mass is 32.1. The van der Waals surface area contributed by atoms with E-state index in [4.69, 9.17) is 10.5 Å². The Morgan fingerprint density at radius 2 is 2.20 bits per heavy atom. The second-order valence-electron chi connectivity index (χ2n) is 5.84. The molecule has 1 aliphatic carbocycles. The van der Waals surface area contributed by atoms with E-state index in [-0.39, 0.29) is 12.0 Å². The molecule has 5 heteroatoms. The first-order chi connectivity index (χ1) is 9.69. The summed E-state index contributed by atoms with van der Waals surface area (Å²) in [6, 6.07) is 4.10. The number of amides is 1. The molecule has 0 bridgehead atoms. The number of nitrogens with zero attached hydrogens (tertiary/aromatic N) is 1. The van der Waals surface area contributed by atoms with Crippen LogP contribution in [0.15, 0.2) is 17.5 Å². The quantitative estimate of drug-likeness (QED) is 0.910. The average Bonchev–Trinajstić information content (AvgIpc) is 3.02. The standard InChI is InChI=1S/C15H22N2O2S/c16-15(6-2-1-3-7-15)14(18)17-8-9-19-12(11-17)13-5-4-10-20-13/h4-5,10,12H,1-3,6-9,11,16H2. The molecule has 4 nitrogen and oxygen atoms in total. The average molecular weight is 294 g/mol. The fourth-order valence-electron chi connectivity index (χ4n) is 3.19. The van der Waals surface area contributed by atoms with Crippen LogP contribution in [0, 0.1) is 0 Å². The molecule has 1 amide bonds. The first-order valence-electron chi connectivity index (χ1n) is 7.42. The van der Waals surface area contributed by atoms with Gasteiger partial charge in [-0.1, -0.05) is 25.3 Å². The zero-order valence-corrected chi connectivity index (χ0v) is 12.5. The zero-order chi connectivity index (χ0) is 14.0. The summed E-state index contributed by atoms with van der Waals surface area (Å²) in [6.07, 6.45) is 5.01. The van der Waals surface area contributed by atoms with Gasteiger partial charge in [0.2, 0.25) is 5.91 Å². The Hall–Kier alpha value is -0.910. The van der Waals surface area contributed by atoms with Crippen LogP contribution >= 0.6 is 11.3 Å². The largest absolute Gasteiger partial charge is 0.369 e. The highest BCUT2D eigenvalue weighted by molar-refractivity contribution is 7.10. The van der Waals surface area contributed by atoms with Gasteiger partial charge in [0.1, 0.15) is 6.10 Å². The number of hydrogen-bond acceptors (Lipinski definition) is 4. The van der Waals surface area contributed by atoms with E-state index < -0.39 is 5.54 Å². The minimum atomic E-state index is -0.629. The van der Waals surface area contributed by atoms with Gasteiger partial charge in [-0.25, -0.2) is 0 Å². The van der Waals surface area contributed by atoms with Crippen molar-refractivity contribution in [3.63, 3.8) is 0 Å². The van der Waals surface area contributed by atoms with Crippen molar-refractivity contribution in [2.24, 2.45) is 5.73 Å². The van der Waals surface area contributed by atoms with Crippen LogP contribution in [0.3, 0.4) is 0 Å². The van der Waals surface area contributed by atoms with E-state index in [1.54, 1.807) is 11.3 Å². The Morgan fingerprint density at radius 1 is 1.40 bits per heavy atom. The van der Waals surface area contributed by atoms with Crippen molar-refractivity contribution in [2.75, 3.05) is 19.7 Å². The monoisotopic (exact) mass is 294 g/mol. The molecule has 1 aromatic rings. The Morgan fingerprint density at radius 3 is 2.90 bits per heavy atom. The van der Waals surface area contributed by atoms with Crippen molar-refractivity contribution in [3.8, 4) is 0 Å². The van der Waals surface area contributed by atoms with Gasteiger partial charge in [0, 0.05) is 11.4 Å². The Labute approximate surface area is 123 Å². The molecule has 1 unspecified atom stereocenters. The molecular weight excluding hydrogens is 272 g/mol. The van der Waals surface area contributed by atoms with Crippen LogP contribution in [0.4, 0.5) is 0 Å². The van der Waals surface area contributed by atoms with Crippen molar-refractivity contribution >= 4 is 17.2 Å². The third-order valence-electron chi connectivity index (χ3n) is 4.39. The summed E-state index contributed by atoms with van der Waals surface area (Å²) in [6.45, 7) is 1.91. The van der Waals surface area contributed by atoms with E-state index in [1.807, 2.05) is 16.3 Å². The fraction of sp³-hybridized carbons (Fsp3) is 0.667. The second-order valence-corrected chi connectivity index (χ2v) is 6.82. The predicted octanol–water partition coefficient (Wildman–Crippen LogP) is 2.31. The van der Waals surface area contributed by atoms with E-state index in [9.17, 15) is 4.79 Å². The summed E-state index contributed by atoms with van der Waals surface area (Å²) < 4.78 is 5.80. The van der Waals surface area contributed by atoms with Gasteiger partial charge < -0.3 is 15.4 Å². The van der Waals surface area contributed by atoms with Crippen LogP contribution in [0.5, 0.6) is 0 Å². The van der Waals surface area contributed by atoms with Gasteiger partial charge in [0.15, 0.2) is 0 Å². The molecule has 1 aromatic heterocycles. The van der Waals surface area contributed by atoms with Gasteiger partial charge in [-0.2, -0.15) is 0 Å². The lowest BCUT2D eigenvalue weighted by Crippen LogP contribution is -2.58. The molecular formula is C15H22N2O2S. The van der Waals surface area contributed by atoms with Gasteiger partial charge in [-0.05, 0) is 24.3 Å². The molecule has 1 aliphatic heterocycles. The summed E-state index contributed by atoms with van der Waals surface area (Å²) in [5, 5.41) is 2.05. The van der Waals surface area contributed by atoms with Crippen molar-refractivity contribution in [1.82, 2.24) is 4.90 Å². The molecule has 0 aromatic carbocycles. The van der Waals surface area contributed by atoms with Crippen LogP contribution < -0.4 is 5.73 Å². The van der Waals surface area contributed by atoms with Crippen LogP contribution in [0.2, 0.25) is 0 Å². The van der Waals surface area contributed by atoms with Gasteiger partial charge in [0.25, 0.3) is 0 Å². The second kappa shape index (κ2) is 5.84. The molecule has 1 saturated carbocycles. The molecule has 110 valence electrons. The lowest BCUT2D eigenvalue weighted by molar-refractivity contribution is -0.146. The minimum absolute atomic E-state index is 0.0138. The third-order valence-corrected chi connectivity index (χ3v) is 5.35. The maximum Gasteiger partial charge on any atom is 0.242 e. The minimum Gasteiger partial charge on any atom is -0.369 e. The maximum absolute atomic E-state index is 12.7. The molecule has 2 N–H and O–H groups in total. The number of carbonyl (C=O) groups excluding carboxylic acids is 1. The van der Waals surface area contributed by atoms with E-state index in [0.29, 0.717) is 19.7 Å². The van der Waals surface area contributed by atoms with Crippen LogP contribution in [-0.4, -0.2) is 36.0 Å². The number of carbonyl (C=O) groups is 1. The summed E-state index contributed by atoms with van der Waals surface area (Å²) in [5.41, 5.74) is 5.74. The smallest absolute Gasteiger partial charge is 0.242 e. The van der Waals surface area contributed by atoms with Crippen molar-refractivity contribution in [3.05, 3.63) is 22.4 Å². The zero-order valence-electron chi connectivity index (χ0n) is 11.7. The molecule has 2 heterocycles. The molecule has 1 atom stereocenters. The van der Waals surface area contributed by atoms with Crippen molar-refractivity contribution in [2.45, 2.75) is 43.7 Å². The van der Waals surface area contributed by atoms with Crippen molar-refractivity contribution in [1.29, 1.82) is 0 Å². The summed E-state index contributed by atoms with van der Waals surface area (Å²) in [7, 11) is 0. The van der Waals surface area contributed by atoms with E-state index in [2.05, 4.69) is 6.07 Å². The van der Waals surface area contributed by atoms with E-state index >= 15 is 0 Å². The Balaban J connectivity index is 1.68. The molecule has 0 radical (unpaired) electrons. The highest BCUT2D eigenvalue weighted by Gasteiger charge is 2.40. The number of rotatable bonds is 2. The van der Waals surface area contributed by atoms with Gasteiger partial charge >= 0.3 is 0 Å². The summed E-state index contributed by atoms with van der Waals surface area (Å²) in [5.74, 6) is 0.127.